The zero-order chi connectivity index (χ0) is 18.6. The lowest BCUT2D eigenvalue weighted by molar-refractivity contribution is 0.302. The van der Waals surface area contributed by atoms with E-state index in [1.54, 1.807) is 7.11 Å². The number of methoxy groups -OCH3 is 1. The summed E-state index contributed by atoms with van der Waals surface area (Å²) >= 11 is 0. The molecule has 3 aromatic rings. The van der Waals surface area contributed by atoms with Crippen LogP contribution in [0.2, 0.25) is 0 Å². The fraction of sp³-hybridized carbons (Fsp3) is 0.261. The van der Waals surface area contributed by atoms with Crippen LogP contribution in [0, 0.1) is 6.92 Å². The Morgan fingerprint density at radius 3 is 2.81 bits per heavy atom. The molecule has 2 aromatic carbocycles. The van der Waals surface area contributed by atoms with Crippen LogP contribution in [0.5, 0.6) is 11.5 Å². The van der Waals surface area contributed by atoms with E-state index in [9.17, 15) is 0 Å². The molecule has 0 radical (unpaired) electrons. The van der Waals surface area contributed by atoms with Crippen molar-refractivity contribution in [1.29, 1.82) is 0 Å². The molecule has 0 amide bonds. The molecule has 0 saturated carbocycles. The van der Waals surface area contributed by atoms with Gasteiger partial charge in [-0.15, -0.1) is 0 Å². The van der Waals surface area contributed by atoms with Gasteiger partial charge in [-0.1, -0.05) is 12.1 Å². The summed E-state index contributed by atoms with van der Waals surface area (Å²) in [4.78, 5) is 4.39. The summed E-state index contributed by atoms with van der Waals surface area (Å²) in [5.41, 5.74) is 7.06. The van der Waals surface area contributed by atoms with Gasteiger partial charge in [0.05, 0.1) is 12.8 Å². The zero-order valence-electron chi connectivity index (χ0n) is 15.8. The highest BCUT2D eigenvalue weighted by molar-refractivity contribution is 5.73. The van der Waals surface area contributed by atoms with Gasteiger partial charge in [-0.25, -0.2) is 0 Å². The molecule has 4 nitrogen and oxygen atoms in total. The summed E-state index contributed by atoms with van der Waals surface area (Å²) in [7, 11) is 1.69. The van der Waals surface area contributed by atoms with E-state index in [0.29, 0.717) is 6.61 Å². The minimum atomic E-state index is 0.438. The lowest BCUT2D eigenvalue weighted by atomic mass is 9.95. The number of fused-ring (bicyclic) bond motifs is 1. The number of benzene rings is 2. The summed E-state index contributed by atoms with van der Waals surface area (Å²) in [5, 5.41) is 3.44. The standard InChI is InChI=1S/C23H24N2O2/c1-16-7-10-25-20(11-16)15-27-23-6-5-21(26-2)13-22(23)18-4-3-17-8-9-24-14-19(17)12-18/h3-7,10-13,24H,8-9,14-15H2,1-2H3. The first kappa shape index (κ1) is 17.6. The van der Waals surface area contributed by atoms with Crippen LogP contribution >= 0.6 is 0 Å². The Bertz CT molecular complexity index is 953. The predicted octanol–water partition coefficient (Wildman–Crippen LogP) is 4.29. The van der Waals surface area contributed by atoms with Crippen molar-refractivity contribution >= 4 is 0 Å². The fourth-order valence-electron chi connectivity index (χ4n) is 3.46. The highest BCUT2D eigenvalue weighted by Crippen LogP contribution is 2.35. The average molecular weight is 360 g/mol. The normalized spacial score (nSPS) is 13.1. The Hall–Kier alpha value is -2.85. The minimum Gasteiger partial charge on any atom is -0.497 e. The summed E-state index contributed by atoms with van der Waals surface area (Å²) in [5.74, 6) is 1.66. The summed E-state index contributed by atoms with van der Waals surface area (Å²) in [6, 6.07) is 16.7. The maximum absolute atomic E-state index is 6.14. The summed E-state index contributed by atoms with van der Waals surface area (Å²) in [6.07, 6.45) is 2.90. The number of pyridine rings is 1. The van der Waals surface area contributed by atoms with Gasteiger partial charge in [0.2, 0.25) is 0 Å². The van der Waals surface area contributed by atoms with Gasteiger partial charge in [0.1, 0.15) is 18.1 Å². The van der Waals surface area contributed by atoms with E-state index >= 15 is 0 Å². The Balaban J connectivity index is 1.66. The average Bonchev–Trinajstić information content (AvgIpc) is 2.72. The second kappa shape index (κ2) is 7.80. The van der Waals surface area contributed by atoms with Crippen LogP contribution < -0.4 is 14.8 Å². The molecule has 4 rings (SSSR count). The van der Waals surface area contributed by atoms with Crippen molar-refractivity contribution in [3.63, 3.8) is 0 Å². The second-order valence-electron chi connectivity index (χ2n) is 6.89. The van der Waals surface area contributed by atoms with Crippen LogP contribution in [0.25, 0.3) is 11.1 Å². The fourth-order valence-corrected chi connectivity index (χ4v) is 3.46. The second-order valence-corrected chi connectivity index (χ2v) is 6.89. The largest absolute Gasteiger partial charge is 0.497 e. The van der Waals surface area contributed by atoms with Crippen molar-refractivity contribution in [2.24, 2.45) is 0 Å². The number of rotatable bonds is 5. The number of hydrogen-bond donors (Lipinski definition) is 1. The van der Waals surface area contributed by atoms with Gasteiger partial charge in [0.15, 0.2) is 0 Å². The van der Waals surface area contributed by atoms with Crippen LogP contribution in [0.1, 0.15) is 22.4 Å². The number of aryl methyl sites for hydroxylation is 1. The van der Waals surface area contributed by atoms with Gasteiger partial charge in [0.25, 0.3) is 0 Å². The number of aromatic nitrogens is 1. The van der Waals surface area contributed by atoms with Crippen LogP contribution in [-0.2, 0) is 19.6 Å². The molecule has 27 heavy (non-hydrogen) atoms. The van der Waals surface area contributed by atoms with Gasteiger partial charge >= 0.3 is 0 Å². The van der Waals surface area contributed by atoms with Crippen LogP contribution in [0.4, 0.5) is 0 Å². The van der Waals surface area contributed by atoms with E-state index < -0.39 is 0 Å². The number of nitrogens with one attached hydrogen (secondary N) is 1. The van der Waals surface area contributed by atoms with Gasteiger partial charge < -0.3 is 14.8 Å². The summed E-state index contributed by atoms with van der Waals surface area (Å²) in [6.45, 7) is 4.46. The smallest absolute Gasteiger partial charge is 0.130 e. The Labute approximate surface area is 160 Å². The molecule has 1 aliphatic rings. The van der Waals surface area contributed by atoms with E-state index in [4.69, 9.17) is 9.47 Å². The third kappa shape index (κ3) is 3.96. The van der Waals surface area contributed by atoms with E-state index in [1.807, 2.05) is 36.5 Å². The number of ether oxygens (including phenoxy) is 2. The molecule has 0 aliphatic carbocycles. The highest BCUT2D eigenvalue weighted by Gasteiger charge is 2.13. The minimum absolute atomic E-state index is 0.438. The number of hydrogen-bond acceptors (Lipinski definition) is 4. The van der Waals surface area contributed by atoms with Crippen LogP contribution in [-0.4, -0.2) is 18.6 Å². The van der Waals surface area contributed by atoms with Crippen molar-refractivity contribution in [1.82, 2.24) is 10.3 Å². The van der Waals surface area contributed by atoms with Gasteiger partial charge in [-0.2, -0.15) is 0 Å². The lowest BCUT2D eigenvalue weighted by Crippen LogP contribution is -2.23. The van der Waals surface area contributed by atoms with E-state index in [2.05, 4.69) is 35.4 Å². The van der Waals surface area contributed by atoms with E-state index in [1.165, 1.54) is 16.7 Å². The first-order valence-corrected chi connectivity index (χ1v) is 9.28. The Kier molecular flexibility index (Phi) is 5.07. The van der Waals surface area contributed by atoms with Gasteiger partial charge in [-0.05, 0) is 78.5 Å². The van der Waals surface area contributed by atoms with Crippen LogP contribution in [0.3, 0.4) is 0 Å². The molecule has 138 valence electrons. The quantitative estimate of drug-likeness (QED) is 0.737. The molecule has 0 atom stereocenters. The van der Waals surface area contributed by atoms with Gasteiger partial charge in [0, 0.05) is 18.3 Å². The maximum atomic E-state index is 6.14. The molecule has 0 unspecified atom stereocenters. The van der Waals surface area contributed by atoms with E-state index in [-0.39, 0.29) is 0 Å². The third-order valence-corrected chi connectivity index (χ3v) is 4.94. The molecule has 1 N–H and O–H groups in total. The van der Waals surface area contributed by atoms with Crippen molar-refractivity contribution in [3.8, 4) is 22.6 Å². The number of nitrogens with zero attached hydrogens (tertiary/aromatic N) is 1. The molecular formula is C23H24N2O2. The predicted molar refractivity (Wildman–Crippen MR) is 107 cm³/mol. The Morgan fingerprint density at radius 1 is 1.04 bits per heavy atom. The lowest BCUT2D eigenvalue weighted by Gasteiger charge is -2.19. The molecule has 0 spiro atoms. The SMILES string of the molecule is COc1ccc(OCc2cc(C)ccn2)c(-c2ccc3c(c2)CNCC3)c1. The molecule has 1 aromatic heterocycles. The van der Waals surface area contributed by atoms with Gasteiger partial charge in [-0.3, -0.25) is 4.98 Å². The highest BCUT2D eigenvalue weighted by atomic mass is 16.5. The molecule has 0 bridgehead atoms. The van der Waals surface area contributed by atoms with E-state index in [0.717, 1.165) is 47.8 Å². The topological polar surface area (TPSA) is 43.4 Å². The molecule has 1 aliphatic heterocycles. The molecular weight excluding hydrogens is 336 g/mol. The van der Waals surface area contributed by atoms with Crippen molar-refractivity contribution in [3.05, 3.63) is 77.1 Å². The van der Waals surface area contributed by atoms with Crippen molar-refractivity contribution < 1.29 is 9.47 Å². The first-order valence-electron chi connectivity index (χ1n) is 9.28. The van der Waals surface area contributed by atoms with Crippen LogP contribution in [0.15, 0.2) is 54.7 Å². The molecule has 0 fully saturated rings. The maximum Gasteiger partial charge on any atom is 0.130 e. The molecule has 4 heteroatoms. The Morgan fingerprint density at radius 2 is 1.96 bits per heavy atom. The molecule has 2 heterocycles. The summed E-state index contributed by atoms with van der Waals surface area (Å²) < 4.78 is 11.6. The van der Waals surface area contributed by atoms with Crippen molar-refractivity contribution in [2.45, 2.75) is 26.5 Å². The zero-order valence-corrected chi connectivity index (χ0v) is 15.8. The molecule has 0 saturated heterocycles. The first-order chi connectivity index (χ1) is 13.2. The third-order valence-electron chi connectivity index (χ3n) is 4.94. The monoisotopic (exact) mass is 360 g/mol. The van der Waals surface area contributed by atoms with Crippen molar-refractivity contribution in [2.75, 3.05) is 13.7 Å².